The average molecular weight is 421 g/mol. The number of carbonyl (C=O) groups is 2. The number of rotatable bonds is 5. The van der Waals surface area contributed by atoms with Gasteiger partial charge >= 0.3 is 0 Å². The highest BCUT2D eigenvalue weighted by Gasteiger charge is 2.30. The van der Waals surface area contributed by atoms with Crippen LogP contribution in [-0.4, -0.2) is 61.0 Å². The third-order valence-electron chi connectivity index (χ3n) is 5.80. The molecule has 2 heterocycles. The summed E-state index contributed by atoms with van der Waals surface area (Å²) in [5.74, 6) is 1.49. The minimum Gasteiger partial charge on any atom is -0.486 e. The Kier molecular flexibility index (Phi) is 6.55. The van der Waals surface area contributed by atoms with Gasteiger partial charge in [0.1, 0.15) is 6.61 Å². The maximum atomic E-state index is 12.9. The molecule has 0 aromatic heterocycles. The van der Waals surface area contributed by atoms with Gasteiger partial charge in [0.2, 0.25) is 11.8 Å². The molecule has 0 saturated carbocycles. The van der Waals surface area contributed by atoms with Crippen molar-refractivity contribution in [2.75, 3.05) is 33.3 Å². The lowest BCUT2D eigenvalue weighted by molar-refractivity contribution is -0.139. The summed E-state index contributed by atoms with van der Waals surface area (Å²) >= 11 is 0. The summed E-state index contributed by atoms with van der Waals surface area (Å²) in [5, 5.41) is 0. The number of para-hydroxylation sites is 2. The van der Waals surface area contributed by atoms with Gasteiger partial charge in [-0.25, -0.2) is 0 Å². The molecule has 0 N–H and O–H groups in total. The molecule has 31 heavy (non-hydrogen) atoms. The Labute approximate surface area is 183 Å². The molecule has 0 spiro atoms. The smallest absolute Gasteiger partial charge is 0.246 e. The lowest BCUT2D eigenvalue weighted by atomic mass is 9.95. The van der Waals surface area contributed by atoms with Crippen LogP contribution < -0.4 is 9.47 Å². The summed E-state index contributed by atoms with van der Waals surface area (Å²) in [6, 6.07) is 17.3. The second kappa shape index (κ2) is 9.69. The molecule has 1 atom stereocenters. The first-order valence-corrected chi connectivity index (χ1v) is 10.8. The van der Waals surface area contributed by atoms with Crippen LogP contribution in [0.25, 0.3) is 6.08 Å². The fraction of sp³-hybridized carbons (Fsp3) is 0.360. The summed E-state index contributed by atoms with van der Waals surface area (Å²) in [6.07, 6.45) is 4.62. The molecule has 1 fully saturated rings. The topological polar surface area (TPSA) is 59.1 Å². The molecule has 2 aromatic carbocycles. The molecule has 6 heteroatoms. The van der Waals surface area contributed by atoms with Crippen molar-refractivity contribution >= 4 is 17.9 Å². The molecular weight excluding hydrogens is 392 g/mol. The summed E-state index contributed by atoms with van der Waals surface area (Å²) in [6.45, 7) is 2.10. The van der Waals surface area contributed by atoms with Gasteiger partial charge < -0.3 is 19.3 Å². The Morgan fingerprint density at radius 3 is 2.45 bits per heavy atom. The summed E-state index contributed by atoms with van der Waals surface area (Å²) in [4.78, 5) is 28.9. The predicted octanol–water partition coefficient (Wildman–Crippen LogP) is 3.24. The van der Waals surface area contributed by atoms with Gasteiger partial charge in [0.15, 0.2) is 17.6 Å². The van der Waals surface area contributed by atoms with Crippen LogP contribution in [0.4, 0.5) is 0 Å². The molecule has 1 saturated heterocycles. The monoisotopic (exact) mass is 420 g/mol. The van der Waals surface area contributed by atoms with Crippen molar-refractivity contribution < 1.29 is 19.1 Å². The Morgan fingerprint density at radius 1 is 1.03 bits per heavy atom. The van der Waals surface area contributed by atoms with Crippen molar-refractivity contribution in [2.24, 2.45) is 5.92 Å². The zero-order valence-electron chi connectivity index (χ0n) is 17.8. The number of benzene rings is 2. The lowest BCUT2D eigenvalue weighted by Gasteiger charge is -2.34. The first-order valence-electron chi connectivity index (χ1n) is 10.8. The van der Waals surface area contributed by atoms with Crippen LogP contribution in [0.1, 0.15) is 18.4 Å². The van der Waals surface area contributed by atoms with Crippen LogP contribution >= 0.6 is 0 Å². The first kappa shape index (κ1) is 21.0. The molecule has 2 aliphatic rings. The molecule has 2 aromatic rings. The van der Waals surface area contributed by atoms with Crippen molar-refractivity contribution in [3.05, 3.63) is 66.2 Å². The van der Waals surface area contributed by atoms with E-state index in [1.165, 1.54) is 0 Å². The van der Waals surface area contributed by atoms with Crippen LogP contribution in [0.15, 0.2) is 60.7 Å². The number of hydrogen-bond acceptors (Lipinski definition) is 4. The zero-order chi connectivity index (χ0) is 21.6. The number of nitrogens with zero attached hydrogens (tertiary/aromatic N) is 2. The van der Waals surface area contributed by atoms with Crippen LogP contribution in [-0.2, 0) is 9.59 Å². The minimum absolute atomic E-state index is 0.00507. The SMILES string of the molecule is CN(CC1COc2ccccc2O1)C(=O)C1CCN(C(=O)/C=C/c2ccccc2)CC1. The van der Waals surface area contributed by atoms with E-state index >= 15 is 0 Å². The predicted molar refractivity (Wildman–Crippen MR) is 119 cm³/mol. The van der Waals surface area contributed by atoms with Gasteiger partial charge in [-0.05, 0) is 36.6 Å². The first-order chi connectivity index (χ1) is 15.1. The van der Waals surface area contributed by atoms with E-state index in [-0.39, 0.29) is 23.8 Å². The minimum atomic E-state index is -0.186. The van der Waals surface area contributed by atoms with E-state index in [1.54, 1.807) is 11.0 Å². The second-order valence-electron chi connectivity index (χ2n) is 8.06. The molecule has 2 amide bonds. The summed E-state index contributed by atoms with van der Waals surface area (Å²) in [5.41, 5.74) is 0.999. The fourth-order valence-electron chi connectivity index (χ4n) is 4.04. The highest BCUT2D eigenvalue weighted by molar-refractivity contribution is 5.92. The van der Waals surface area contributed by atoms with E-state index in [1.807, 2.05) is 72.6 Å². The van der Waals surface area contributed by atoms with Gasteiger partial charge in [-0.1, -0.05) is 42.5 Å². The number of ether oxygens (including phenoxy) is 2. The van der Waals surface area contributed by atoms with Crippen LogP contribution in [0, 0.1) is 5.92 Å². The Balaban J connectivity index is 1.24. The van der Waals surface area contributed by atoms with Crippen LogP contribution in [0.2, 0.25) is 0 Å². The second-order valence-corrected chi connectivity index (χ2v) is 8.06. The third-order valence-corrected chi connectivity index (χ3v) is 5.80. The van der Waals surface area contributed by atoms with Crippen molar-refractivity contribution in [2.45, 2.75) is 18.9 Å². The number of piperidine rings is 1. The Bertz CT molecular complexity index is 936. The Hall–Kier alpha value is -3.28. The largest absolute Gasteiger partial charge is 0.486 e. The molecule has 0 bridgehead atoms. The normalized spacial score (nSPS) is 18.7. The number of likely N-dealkylation sites (tertiary alicyclic amines) is 1. The van der Waals surface area contributed by atoms with Crippen LogP contribution in [0.3, 0.4) is 0 Å². The summed E-state index contributed by atoms with van der Waals surface area (Å²) < 4.78 is 11.7. The molecule has 2 aliphatic heterocycles. The van der Waals surface area contributed by atoms with Crippen molar-refractivity contribution in [1.82, 2.24) is 9.80 Å². The van der Waals surface area contributed by atoms with E-state index in [9.17, 15) is 9.59 Å². The van der Waals surface area contributed by atoms with Gasteiger partial charge in [0.25, 0.3) is 0 Å². The molecule has 162 valence electrons. The number of fused-ring (bicyclic) bond motifs is 1. The highest BCUT2D eigenvalue weighted by atomic mass is 16.6. The molecule has 1 unspecified atom stereocenters. The van der Waals surface area contributed by atoms with Crippen LogP contribution in [0.5, 0.6) is 11.5 Å². The van der Waals surface area contributed by atoms with E-state index in [0.717, 1.165) is 17.1 Å². The number of amides is 2. The Morgan fingerprint density at radius 2 is 1.71 bits per heavy atom. The van der Waals surface area contributed by atoms with E-state index in [2.05, 4.69) is 0 Å². The molecule has 0 radical (unpaired) electrons. The van der Waals surface area contributed by atoms with E-state index < -0.39 is 0 Å². The van der Waals surface area contributed by atoms with Gasteiger partial charge in [0, 0.05) is 32.1 Å². The van der Waals surface area contributed by atoms with Gasteiger partial charge in [-0.15, -0.1) is 0 Å². The molecule has 6 nitrogen and oxygen atoms in total. The van der Waals surface area contributed by atoms with E-state index in [0.29, 0.717) is 39.1 Å². The van der Waals surface area contributed by atoms with Gasteiger partial charge in [-0.2, -0.15) is 0 Å². The number of hydrogen-bond donors (Lipinski definition) is 0. The maximum Gasteiger partial charge on any atom is 0.246 e. The zero-order valence-corrected chi connectivity index (χ0v) is 17.8. The number of likely N-dealkylation sites (N-methyl/N-ethyl adjacent to an activating group) is 1. The fourth-order valence-corrected chi connectivity index (χ4v) is 4.04. The lowest BCUT2D eigenvalue weighted by Crippen LogP contribution is -2.46. The van der Waals surface area contributed by atoms with E-state index in [4.69, 9.17) is 9.47 Å². The molecule has 0 aliphatic carbocycles. The molecular formula is C25H28N2O4. The van der Waals surface area contributed by atoms with Gasteiger partial charge in [0.05, 0.1) is 6.54 Å². The third kappa shape index (κ3) is 5.26. The highest BCUT2D eigenvalue weighted by Crippen LogP contribution is 2.31. The molecule has 4 rings (SSSR count). The average Bonchev–Trinajstić information content (AvgIpc) is 2.82. The van der Waals surface area contributed by atoms with Crippen molar-refractivity contribution in [1.29, 1.82) is 0 Å². The number of carbonyl (C=O) groups excluding carboxylic acids is 2. The maximum absolute atomic E-state index is 12.9. The van der Waals surface area contributed by atoms with Crippen molar-refractivity contribution in [3.8, 4) is 11.5 Å². The van der Waals surface area contributed by atoms with Crippen molar-refractivity contribution in [3.63, 3.8) is 0 Å². The quantitative estimate of drug-likeness (QED) is 0.697. The standard InChI is InChI=1S/C25H28N2O4/c1-26(17-21-18-30-22-9-5-6-10-23(22)31-21)25(29)20-13-15-27(16-14-20)24(28)12-11-19-7-3-2-4-8-19/h2-12,20-21H,13-18H2,1H3/b12-11+. The van der Waals surface area contributed by atoms with Gasteiger partial charge in [-0.3, -0.25) is 9.59 Å². The summed E-state index contributed by atoms with van der Waals surface area (Å²) in [7, 11) is 1.81.